The zero-order valence-corrected chi connectivity index (χ0v) is 8.51. The number of rotatable bonds is 3. The molecule has 1 aromatic heterocycles. The first-order valence-electron chi connectivity index (χ1n) is 3.70. The minimum absolute atomic E-state index is 0.0560. The van der Waals surface area contributed by atoms with Gasteiger partial charge >= 0.3 is 5.97 Å². The van der Waals surface area contributed by atoms with E-state index < -0.39 is 5.97 Å². The number of nitrogens with one attached hydrogen (secondary N) is 2. The molecule has 0 aliphatic rings. The van der Waals surface area contributed by atoms with Gasteiger partial charge in [-0.15, -0.1) is 0 Å². The number of aromatic nitrogens is 2. The summed E-state index contributed by atoms with van der Waals surface area (Å²) in [4.78, 5) is 21.5. The zero-order chi connectivity index (χ0) is 10.0. The fourth-order valence-corrected chi connectivity index (χ4v) is 1.82. The molecular formula is C7H9BrN2O3. The summed E-state index contributed by atoms with van der Waals surface area (Å²) in [6.45, 7) is 1.69. The second-order valence-electron chi connectivity index (χ2n) is 2.81. The lowest BCUT2D eigenvalue weighted by molar-refractivity contribution is -0.137. The molecule has 13 heavy (non-hydrogen) atoms. The molecule has 0 fully saturated rings. The molecule has 3 N–H and O–H groups in total. The molecule has 0 spiro atoms. The Morgan fingerprint density at radius 3 is 2.62 bits per heavy atom. The van der Waals surface area contributed by atoms with Gasteiger partial charge in [0.15, 0.2) is 0 Å². The van der Waals surface area contributed by atoms with Crippen LogP contribution in [0.25, 0.3) is 0 Å². The van der Waals surface area contributed by atoms with E-state index in [-0.39, 0.29) is 17.9 Å². The molecule has 0 amide bonds. The Morgan fingerprint density at radius 1 is 1.62 bits per heavy atom. The van der Waals surface area contributed by atoms with Gasteiger partial charge in [-0.1, -0.05) is 6.92 Å². The van der Waals surface area contributed by atoms with Crippen LogP contribution in [0.1, 0.15) is 24.8 Å². The summed E-state index contributed by atoms with van der Waals surface area (Å²) in [6.07, 6.45) is -0.0560. The first kappa shape index (κ1) is 10.0. The number of hydrogen-bond donors (Lipinski definition) is 3. The first-order chi connectivity index (χ1) is 6.02. The van der Waals surface area contributed by atoms with E-state index in [4.69, 9.17) is 5.11 Å². The minimum atomic E-state index is -0.917. The van der Waals surface area contributed by atoms with E-state index >= 15 is 0 Å². The molecule has 1 heterocycles. The third-order valence-corrected chi connectivity index (χ3v) is 2.37. The van der Waals surface area contributed by atoms with Gasteiger partial charge in [0, 0.05) is 0 Å². The fraction of sp³-hybridized carbons (Fsp3) is 0.429. The Morgan fingerprint density at radius 2 is 2.23 bits per heavy atom. The smallest absolute Gasteiger partial charge is 0.303 e. The fourth-order valence-electron chi connectivity index (χ4n) is 1.15. The summed E-state index contributed by atoms with van der Waals surface area (Å²) in [5.41, 5.74) is 0.169. The highest BCUT2D eigenvalue weighted by Crippen LogP contribution is 2.21. The van der Waals surface area contributed by atoms with Gasteiger partial charge in [-0.25, -0.2) is 0 Å². The average molecular weight is 249 g/mol. The predicted molar refractivity (Wildman–Crippen MR) is 49.8 cm³/mol. The van der Waals surface area contributed by atoms with Crippen molar-refractivity contribution >= 4 is 21.9 Å². The number of H-pyrrole nitrogens is 2. The van der Waals surface area contributed by atoms with Crippen molar-refractivity contribution in [3.8, 4) is 0 Å². The normalized spacial score (nSPS) is 12.8. The van der Waals surface area contributed by atoms with Gasteiger partial charge < -0.3 is 5.11 Å². The van der Waals surface area contributed by atoms with Crippen molar-refractivity contribution < 1.29 is 9.90 Å². The molecule has 0 aliphatic carbocycles. The maximum absolute atomic E-state index is 11.2. The van der Waals surface area contributed by atoms with Gasteiger partial charge in [-0.2, -0.15) is 0 Å². The van der Waals surface area contributed by atoms with E-state index in [0.29, 0.717) is 10.2 Å². The number of carboxylic acids is 1. The van der Waals surface area contributed by atoms with Crippen LogP contribution in [0.4, 0.5) is 0 Å². The van der Waals surface area contributed by atoms with Crippen molar-refractivity contribution in [3.63, 3.8) is 0 Å². The second kappa shape index (κ2) is 3.78. The van der Waals surface area contributed by atoms with Crippen LogP contribution >= 0.6 is 15.9 Å². The maximum atomic E-state index is 11.2. The van der Waals surface area contributed by atoms with Gasteiger partial charge in [-0.05, 0) is 21.8 Å². The lowest BCUT2D eigenvalue weighted by Gasteiger charge is -2.04. The van der Waals surface area contributed by atoms with Crippen LogP contribution in [0, 0.1) is 0 Å². The second-order valence-corrected chi connectivity index (χ2v) is 3.60. The number of carbonyl (C=O) groups is 1. The van der Waals surface area contributed by atoms with Crippen LogP contribution in [0.2, 0.25) is 0 Å². The van der Waals surface area contributed by atoms with Crippen molar-refractivity contribution in [1.29, 1.82) is 0 Å². The monoisotopic (exact) mass is 248 g/mol. The molecule has 1 atom stereocenters. The summed E-state index contributed by atoms with van der Waals surface area (Å²) in [6, 6.07) is 0. The van der Waals surface area contributed by atoms with Crippen molar-refractivity contribution in [2.24, 2.45) is 0 Å². The molecule has 0 aliphatic heterocycles. The number of carboxylic acid groups (broad SMARTS) is 1. The van der Waals surface area contributed by atoms with Gasteiger partial charge in [0.05, 0.1) is 12.0 Å². The molecule has 0 radical (unpaired) electrons. The Labute approximate surface area is 82.3 Å². The van der Waals surface area contributed by atoms with Gasteiger partial charge in [-0.3, -0.25) is 19.8 Å². The largest absolute Gasteiger partial charge is 0.481 e. The third-order valence-electron chi connectivity index (χ3n) is 1.74. The number of halogens is 1. The van der Waals surface area contributed by atoms with Crippen LogP contribution in [0.3, 0.4) is 0 Å². The van der Waals surface area contributed by atoms with Crippen molar-refractivity contribution in [2.45, 2.75) is 19.3 Å². The maximum Gasteiger partial charge on any atom is 0.303 e. The number of hydrogen-bond acceptors (Lipinski definition) is 2. The van der Waals surface area contributed by atoms with Crippen molar-refractivity contribution in [3.05, 3.63) is 20.5 Å². The van der Waals surface area contributed by atoms with E-state index in [1.165, 1.54) is 0 Å². The molecule has 6 heteroatoms. The molecular weight excluding hydrogens is 240 g/mol. The van der Waals surface area contributed by atoms with Gasteiger partial charge in [0.2, 0.25) is 0 Å². The van der Waals surface area contributed by atoms with Crippen molar-refractivity contribution in [1.82, 2.24) is 10.2 Å². The van der Waals surface area contributed by atoms with Crippen LogP contribution in [-0.4, -0.2) is 21.3 Å². The lowest BCUT2D eigenvalue weighted by Crippen LogP contribution is -2.12. The molecule has 0 saturated carbocycles. The average Bonchev–Trinajstić information content (AvgIpc) is 2.29. The Balaban J connectivity index is 2.94. The lowest BCUT2D eigenvalue weighted by atomic mass is 10.0. The molecule has 0 bridgehead atoms. The highest BCUT2D eigenvalue weighted by molar-refractivity contribution is 9.10. The summed E-state index contributed by atoms with van der Waals surface area (Å²) in [7, 11) is 0. The standard InChI is InChI=1S/C7H9BrN2O3/c1-3(2-4(11)12)5-6(8)9-10-7(5)13/h3H,2H2,1H3,(H,11,12)(H2,9,10,13). The van der Waals surface area contributed by atoms with E-state index in [9.17, 15) is 9.59 Å². The summed E-state index contributed by atoms with van der Waals surface area (Å²) < 4.78 is 0.520. The summed E-state index contributed by atoms with van der Waals surface area (Å²) in [5.74, 6) is -1.22. The molecule has 1 unspecified atom stereocenters. The number of aromatic amines is 2. The predicted octanol–water partition coefficient (Wildman–Crippen LogP) is 1.04. The van der Waals surface area contributed by atoms with Crippen LogP contribution in [0.15, 0.2) is 9.40 Å². The van der Waals surface area contributed by atoms with Crippen LogP contribution in [-0.2, 0) is 4.79 Å². The summed E-state index contributed by atoms with van der Waals surface area (Å²) in [5, 5.41) is 13.5. The van der Waals surface area contributed by atoms with E-state index in [1.54, 1.807) is 6.92 Å². The van der Waals surface area contributed by atoms with Gasteiger partial charge in [0.25, 0.3) is 5.56 Å². The van der Waals surface area contributed by atoms with E-state index in [0.717, 1.165) is 0 Å². The van der Waals surface area contributed by atoms with E-state index in [1.807, 2.05) is 0 Å². The zero-order valence-electron chi connectivity index (χ0n) is 6.93. The van der Waals surface area contributed by atoms with Crippen LogP contribution in [0.5, 0.6) is 0 Å². The Hall–Kier alpha value is -1.04. The summed E-state index contributed by atoms with van der Waals surface area (Å²) >= 11 is 3.13. The topological polar surface area (TPSA) is 85.9 Å². The number of aliphatic carboxylic acids is 1. The quantitative estimate of drug-likeness (QED) is 0.748. The SMILES string of the molecule is CC(CC(=O)O)c1c(Br)[nH][nH]c1=O. The molecule has 0 aromatic carbocycles. The highest BCUT2D eigenvalue weighted by atomic mass is 79.9. The molecule has 0 saturated heterocycles. The Bertz CT molecular complexity index is 368. The molecule has 5 nitrogen and oxygen atoms in total. The minimum Gasteiger partial charge on any atom is -0.481 e. The van der Waals surface area contributed by atoms with E-state index in [2.05, 4.69) is 26.1 Å². The highest BCUT2D eigenvalue weighted by Gasteiger charge is 2.17. The van der Waals surface area contributed by atoms with Gasteiger partial charge in [0.1, 0.15) is 4.60 Å². The Kier molecular flexibility index (Phi) is 2.92. The van der Waals surface area contributed by atoms with Crippen molar-refractivity contribution in [2.75, 3.05) is 0 Å². The third kappa shape index (κ3) is 2.21. The first-order valence-corrected chi connectivity index (χ1v) is 4.49. The van der Waals surface area contributed by atoms with Crippen LogP contribution < -0.4 is 5.56 Å². The molecule has 72 valence electrons. The molecule has 1 rings (SSSR count). The molecule has 1 aromatic rings.